The van der Waals surface area contributed by atoms with Crippen LogP contribution in [0.2, 0.25) is 0 Å². The highest BCUT2D eigenvalue weighted by atomic mass is 32.2. The number of carbonyl (C=O) groups is 1. The molecule has 0 unspecified atom stereocenters. The largest absolute Gasteiger partial charge is 0.324 e. The molecule has 0 saturated carbocycles. The van der Waals surface area contributed by atoms with Gasteiger partial charge in [0.1, 0.15) is 0 Å². The van der Waals surface area contributed by atoms with Gasteiger partial charge in [0, 0.05) is 13.1 Å². The summed E-state index contributed by atoms with van der Waals surface area (Å²) < 4.78 is 26.9. The monoisotopic (exact) mass is 405 g/mol. The third-order valence-corrected chi connectivity index (χ3v) is 6.52. The second-order valence-corrected chi connectivity index (χ2v) is 8.73. The lowest BCUT2D eigenvalue weighted by Crippen LogP contribution is -2.35. The van der Waals surface area contributed by atoms with Crippen LogP contribution in [-0.2, 0) is 14.8 Å². The molecule has 2 aromatic carbocycles. The molecule has 0 radical (unpaired) electrons. The minimum Gasteiger partial charge on any atom is -0.324 e. The Morgan fingerprint density at radius 3 is 2.25 bits per heavy atom. The van der Waals surface area contributed by atoms with Crippen LogP contribution in [0, 0.1) is 37.8 Å². The van der Waals surface area contributed by atoms with Crippen molar-refractivity contribution >= 4 is 27.3 Å². The molecule has 28 heavy (non-hydrogen) atoms. The Balaban J connectivity index is 2.23. The molecule has 2 aromatic rings. The minimum atomic E-state index is -3.87. The van der Waals surface area contributed by atoms with Crippen molar-refractivity contribution in [3.63, 3.8) is 0 Å². The van der Waals surface area contributed by atoms with Gasteiger partial charge >= 0.3 is 0 Å². The van der Waals surface area contributed by atoms with Crippen LogP contribution >= 0.6 is 0 Å². The summed E-state index contributed by atoms with van der Waals surface area (Å²) in [5.41, 5.74) is 2.63. The van der Waals surface area contributed by atoms with Gasteiger partial charge in [-0.2, -0.15) is 4.31 Å². The molecule has 0 aromatic heterocycles. The molecular formula is C19H23N3O5S. The molecule has 9 heteroatoms. The number of sulfonamides is 1. The molecule has 150 valence electrons. The molecule has 1 amide bonds. The number of nitrogens with one attached hydrogen (secondary N) is 1. The third-order valence-electron chi connectivity index (χ3n) is 4.42. The molecule has 0 spiro atoms. The van der Waals surface area contributed by atoms with Crippen molar-refractivity contribution in [1.82, 2.24) is 4.31 Å². The molecule has 1 N–H and O–H groups in total. The molecule has 0 bridgehead atoms. The zero-order valence-corrected chi connectivity index (χ0v) is 17.3. The SMILES string of the molecule is Cc1cc(C)c(S(=O)(=O)N(C)CC(=O)Nc2cccc([N+](=O)[O-])c2C)c(C)c1. The molecular weight excluding hydrogens is 382 g/mol. The van der Waals surface area contributed by atoms with Crippen LogP contribution in [0.25, 0.3) is 0 Å². The average Bonchev–Trinajstić information content (AvgIpc) is 2.55. The van der Waals surface area contributed by atoms with E-state index in [1.54, 1.807) is 26.0 Å². The summed E-state index contributed by atoms with van der Waals surface area (Å²) in [5, 5.41) is 13.6. The predicted octanol–water partition coefficient (Wildman–Crippen LogP) is 3.09. The lowest BCUT2D eigenvalue weighted by atomic mass is 10.1. The number of nitrogens with zero attached hydrogens (tertiary/aromatic N) is 2. The molecule has 0 atom stereocenters. The normalized spacial score (nSPS) is 11.5. The quantitative estimate of drug-likeness (QED) is 0.587. The number of benzene rings is 2. The van der Waals surface area contributed by atoms with Crippen molar-refractivity contribution in [1.29, 1.82) is 0 Å². The first-order valence-electron chi connectivity index (χ1n) is 8.53. The Bertz CT molecular complexity index is 1020. The first-order valence-corrected chi connectivity index (χ1v) is 9.97. The number of hydrogen-bond donors (Lipinski definition) is 1. The van der Waals surface area contributed by atoms with E-state index in [2.05, 4.69) is 5.32 Å². The number of likely N-dealkylation sites (N-methyl/N-ethyl adjacent to an activating group) is 1. The van der Waals surface area contributed by atoms with Crippen molar-refractivity contribution in [3.8, 4) is 0 Å². The molecule has 0 fully saturated rings. The van der Waals surface area contributed by atoms with Gasteiger partial charge in [-0.15, -0.1) is 0 Å². The highest BCUT2D eigenvalue weighted by molar-refractivity contribution is 7.89. The van der Waals surface area contributed by atoms with Crippen LogP contribution in [0.4, 0.5) is 11.4 Å². The Morgan fingerprint density at radius 1 is 1.14 bits per heavy atom. The van der Waals surface area contributed by atoms with Gasteiger partial charge in [0.25, 0.3) is 5.69 Å². The fourth-order valence-electron chi connectivity index (χ4n) is 3.16. The zero-order chi connectivity index (χ0) is 21.2. The Hall–Kier alpha value is -2.78. The van der Waals surface area contributed by atoms with E-state index in [0.717, 1.165) is 9.87 Å². The number of nitro groups is 1. The van der Waals surface area contributed by atoms with E-state index in [1.807, 2.05) is 6.92 Å². The Kier molecular flexibility index (Phi) is 6.20. The van der Waals surface area contributed by atoms with E-state index in [0.29, 0.717) is 16.7 Å². The molecule has 8 nitrogen and oxygen atoms in total. The van der Waals surface area contributed by atoms with E-state index >= 15 is 0 Å². The van der Waals surface area contributed by atoms with Gasteiger partial charge in [0.15, 0.2) is 0 Å². The number of carbonyl (C=O) groups excluding carboxylic acids is 1. The van der Waals surface area contributed by atoms with Crippen LogP contribution in [0.15, 0.2) is 35.2 Å². The van der Waals surface area contributed by atoms with Crippen LogP contribution in [0.1, 0.15) is 22.3 Å². The van der Waals surface area contributed by atoms with Gasteiger partial charge in [-0.1, -0.05) is 23.8 Å². The average molecular weight is 405 g/mol. The van der Waals surface area contributed by atoms with E-state index in [-0.39, 0.29) is 16.3 Å². The van der Waals surface area contributed by atoms with Gasteiger partial charge in [-0.05, 0) is 44.9 Å². The van der Waals surface area contributed by atoms with Crippen molar-refractivity contribution in [2.45, 2.75) is 32.6 Å². The van der Waals surface area contributed by atoms with Crippen LogP contribution in [-0.4, -0.2) is 37.1 Å². The summed E-state index contributed by atoms with van der Waals surface area (Å²) >= 11 is 0. The van der Waals surface area contributed by atoms with Crippen molar-refractivity contribution in [3.05, 3.63) is 62.7 Å². The topological polar surface area (TPSA) is 110 Å². The molecule has 0 heterocycles. The van der Waals surface area contributed by atoms with Gasteiger partial charge in [-0.3, -0.25) is 14.9 Å². The fraction of sp³-hybridized carbons (Fsp3) is 0.316. The van der Waals surface area contributed by atoms with Crippen molar-refractivity contribution < 1.29 is 18.1 Å². The second-order valence-electron chi connectivity index (χ2n) is 6.74. The number of nitro benzene ring substituents is 1. The van der Waals surface area contributed by atoms with Gasteiger partial charge in [0.2, 0.25) is 15.9 Å². The minimum absolute atomic E-state index is 0.121. The summed E-state index contributed by atoms with van der Waals surface area (Å²) in [6.45, 7) is 6.42. The van der Waals surface area contributed by atoms with E-state index in [9.17, 15) is 23.3 Å². The number of rotatable bonds is 6. The van der Waals surface area contributed by atoms with Crippen LogP contribution in [0.5, 0.6) is 0 Å². The van der Waals surface area contributed by atoms with Crippen LogP contribution in [0.3, 0.4) is 0 Å². The third kappa shape index (κ3) is 4.37. The molecule has 0 aliphatic heterocycles. The van der Waals surface area contributed by atoms with Gasteiger partial charge in [-0.25, -0.2) is 8.42 Å². The summed E-state index contributed by atoms with van der Waals surface area (Å²) in [7, 11) is -2.54. The predicted molar refractivity (Wildman–Crippen MR) is 107 cm³/mol. The first-order chi connectivity index (χ1) is 12.9. The standard InChI is InChI=1S/C19H23N3O5S/c1-12-9-13(2)19(14(3)10-12)28(26,27)21(5)11-18(23)20-16-7-6-8-17(15(16)4)22(24)25/h6-10H,11H2,1-5H3,(H,20,23). The molecule has 0 aliphatic rings. The van der Waals surface area contributed by atoms with E-state index in [1.165, 1.54) is 32.2 Å². The van der Waals surface area contributed by atoms with Gasteiger partial charge in [0.05, 0.1) is 27.6 Å². The molecule has 0 saturated heterocycles. The summed E-state index contributed by atoms with van der Waals surface area (Å²) in [6, 6.07) is 7.88. The molecule has 0 aliphatic carbocycles. The number of aryl methyl sites for hydroxylation is 3. The Labute approximate surface area is 164 Å². The lowest BCUT2D eigenvalue weighted by molar-refractivity contribution is -0.385. The Morgan fingerprint density at radius 2 is 1.71 bits per heavy atom. The van der Waals surface area contributed by atoms with E-state index < -0.39 is 27.4 Å². The van der Waals surface area contributed by atoms with E-state index in [4.69, 9.17) is 0 Å². The summed E-state index contributed by atoms with van der Waals surface area (Å²) in [6.07, 6.45) is 0. The highest BCUT2D eigenvalue weighted by Crippen LogP contribution is 2.26. The fourth-order valence-corrected chi connectivity index (χ4v) is 4.69. The maximum atomic E-state index is 12.9. The maximum absolute atomic E-state index is 12.9. The maximum Gasteiger partial charge on any atom is 0.274 e. The molecule has 2 rings (SSSR count). The van der Waals surface area contributed by atoms with Crippen molar-refractivity contribution in [2.24, 2.45) is 0 Å². The number of hydrogen-bond acceptors (Lipinski definition) is 5. The smallest absolute Gasteiger partial charge is 0.274 e. The second kappa shape index (κ2) is 8.07. The number of amides is 1. The van der Waals surface area contributed by atoms with Gasteiger partial charge < -0.3 is 5.32 Å². The summed E-state index contributed by atoms with van der Waals surface area (Å²) in [4.78, 5) is 23.0. The first kappa shape index (κ1) is 21.5. The zero-order valence-electron chi connectivity index (χ0n) is 16.4. The van der Waals surface area contributed by atoms with Crippen molar-refractivity contribution in [2.75, 3.05) is 18.9 Å². The lowest BCUT2D eigenvalue weighted by Gasteiger charge is -2.20. The highest BCUT2D eigenvalue weighted by Gasteiger charge is 2.27. The number of anilines is 1. The summed E-state index contributed by atoms with van der Waals surface area (Å²) in [5.74, 6) is -0.586. The van der Waals surface area contributed by atoms with Crippen LogP contribution < -0.4 is 5.32 Å².